The van der Waals surface area contributed by atoms with Gasteiger partial charge in [-0.1, -0.05) is 18.2 Å². The summed E-state index contributed by atoms with van der Waals surface area (Å²) in [5, 5.41) is 11.9. The molecule has 1 atom stereocenters. The molecule has 1 aliphatic heterocycles. The summed E-state index contributed by atoms with van der Waals surface area (Å²) in [7, 11) is 1.62. The van der Waals surface area contributed by atoms with Gasteiger partial charge in [0.1, 0.15) is 5.75 Å². The molecule has 1 N–H and O–H groups in total. The van der Waals surface area contributed by atoms with Crippen LogP contribution in [0.25, 0.3) is 0 Å². The Labute approximate surface area is 158 Å². The van der Waals surface area contributed by atoms with Crippen LogP contribution in [-0.4, -0.2) is 32.0 Å². The van der Waals surface area contributed by atoms with E-state index in [2.05, 4.69) is 11.4 Å². The standard InChI is InChI=1S/C21H21N3O3/c1-27-19-7-5-15(6-8-19)9-10-23-21(26)17-12-20(25)24(14-17)18-4-2-3-16(11-18)13-22/h2-8,11,17H,9-10,12,14H2,1H3,(H,23,26). The summed E-state index contributed by atoms with van der Waals surface area (Å²) in [4.78, 5) is 26.3. The van der Waals surface area contributed by atoms with E-state index < -0.39 is 0 Å². The second-order valence-electron chi connectivity index (χ2n) is 6.46. The summed E-state index contributed by atoms with van der Waals surface area (Å²) in [5.74, 6) is 0.211. The Morgan fingerprint density at radius 3 is 2.78 bits per heavy atom. The average Bonchev–Trinajstić information content (AvgIpc) is 3.10. The number of nitrogens with zero attached hydrogens (tertiary/aromatic N) is 2. The fraction of sp³-hybridized carbons (Fsp3) is 0.286. The highest BCUT2D eigenvalue weighted by atomic mass is 16.5. The van der Waals surface area contributed by atoms with Crippen molar-refractivity contribution in [3.63, 3.8) is 0 Å². The number of nitrogens with one attached hydrogen (secondary N) is 1. The number of benzene rings is 2. The average molecular weight is 363 g/mol. The van der Waals surface area contributed by atoms with Crippen molar-refractivity contribution in [1.29, 1.82) is 5.26 Å². The summed E-state index contributed by atoms with van der Waals surface area (Å²) >= 11 is 0. The van der Waals surface area contributed by atoms with Gasteiger partial charge in [-0.25, -0.2) is 0 Å². The minimum atomic E-state index is -0.376. The van der Waals surface area contributed by atoms with E-state index in [9.17, 15) is 9.59 Å². The molecule has 0 radical (unpaired) electrons. The van der Waals surface area contributed by atoms with E-state index in [1.54, 1.807) is 36.3 Å². The third-order valence-corrected chi connectivity index (χ3v) is 4.65. The molecule has 1 saturated heterocycles. The predicted molar refractivity (Wildman–Crippen MR) is 101 cm³/mol. The van der Waals surface area contributed by atoms with E-state index in [0.717, 1.165) is 11.3 Å². The summed E-state index contributed by atoms with van der Waals surface area (Å²) in [6.45, 7) is 0.849. The number of hydrogen-bond donors (Lipinski definition) is 1. The summed E-state index contributed by atoms with van der Waals surface area (Å²) in [6.07, 6.45) is 0.898. The maximum atomic E-state index is 12.4. The molecule has 0 aromatic heterocycles. The number of rotatable bonds is 6. The lowest BCUT2D eigenvalue weighted by Crippen LogP contribution is -2.34. The lowest BCUT2D eigenvalue weighted by Gasteiger charge is -2.17. The number of nitriles is 1. The van der Waals surface area contributed by atoms with Crippen LogP contribution in [0.2, 0.25) is 0 Å². The SMILES string of the molecule is COc1ccc(CCNC(=O)C2CC(=O)N(c3cccc(C#N)c3)C2)cc1. The van der Waals surface area contributed by atoms with Gasteiger partial charge in [0.2, 0.25) is 11.8 Å². The normalized spacial score (nSPS) is 16.1. The number of methoxy groups -OCH3 is 1. The fourth-order valence-electron chi connectivity index (χ4n) is 3.14. The Hall–Kier alpha value is -3.33. The summed E-state index contributed by atoms with van der Waals surface area (Å²) in [5.41, 5.74) is 2.26. The number of carbonyl (C=O) groups excluding carboxylic acids is 2. The quantitative estimate of drug-likeness (QED) is 0.854. The lowest BCUT2D eigenvalue weighted by atomic mass is 10.1. The summed E-state index contributed by atoms with van der Waals surface area (Å²) in [6, 6.07) is 16.7. The number of hydrogen-bond acceptors (Lipinski definition) is 4. The van der Waals surface area contributed by atoms with Crippen LogP contribution in [0.4, 0.5) is 5.69 Å². The second kappa shape index (κ2) is 8.37. The molecule has 27 heavy (non-hydrogen) atoms. The molecule has 2 amide bonds. The van der Waals surface area contributed by atoms with E-state index >= 15 is 0 Å². The van der Waals surface area contributed by atoms with Crippen LogP contribution < -0.4 is 15.0 Å². The van der Waals surface area contributed by atoms with Gasteiger partial charge in [-0.05, 0) is 42.3 Å². The molecule has 0 saturated carbocycles. The van der Waals surface area contributed by atoms with Crippen LogP contribution in [0.3, 0.4) is 0 Å². The molecule has 1 fully saturated rings. The Morgan fingerprint density at radius 1 is 1.30 bits per heavy atom. The van der Waals surface area contributed by atoms with E-state index in [1.807, 2.05) is 24.3 Å². The van der Waals surface area contributed by atoms with Crippen LogP contribution in [-0.2, 0) is 16.0 Å². The van der Waals surface area contributed by atoms with Gasteiger partial charge in [-0.15, -0.1) is 0 Å². The number of anilines is 1. The monoisotopic (exact) mass is 363 g/mol. The van der Waals surface area contributed by atoms with Crippen LogP contribution in [0.1, 0.15) is 17.5 Å². The molecule has 6 heteroatoms. The molecule has 1 unspecified atom stereocenters. The van der Waals surface area contributed by atoms with Gasteiger partial charge in [0.15, 0.2) is 0 Å². The third kappa shape index (κ3) is 4.45. The minimum Gasteiger partial charge on any atom is -0.497 e. The molecule has 3 rings (SSSR count). The van der Waals surface area contributed by atoms with E-state index in [-0.39, 0.29) is 24.2 Å². The van der Waals surface area contributed by atoms with Crippen LogP contribution in [0.5, 0.6) is 5.75 Å². The number of carbonyl (C=O) groups is 2. The zero-order valence-electron chi connectivity index (χ0n) is 15.1. The number of ether oxygens (including phenoxy) is 1. The van der Waals surface area contributed by atoms with Crippen molar-refractivity contribution < 1.29 is 14.3 Å². The Bertz CT molecular complexity index is 871. The Balaban J connectivity index is 1.53. The Kier molecular flexibility index (Phi) is 5.72. The predicted octanol–water partition coefficient (Wildman–Crippen LogP) is 2.28. The van der Waals surface area contributed by atoms with Gasteiger partial charge in [-0.2, -0.15) is 5.26 Å². The fourth-order valence-corrected chi connectivity index (χ4v) is 3.14. The van der Waals surface area contributed by atoms with E-state index in [1.165, 1.54) is 0 Å². The maximum absolute atomic E-state index is 12.4. The van der Waals surface area contributed by atoms with Gasteiger partial charge < -0.3 is 15.0 Å². The van der Waals surface area contributed by atoms with Gasteiger partial charge in [-0.3, -0.25) is 9.59 Å². The van der Waals surface area contributed by atoms with Crippen molar-refractivity contribution in [3.05, 3.63) is 59.7 Å². The van der Waals surface area contributed by atoms with Crippen LogP contribution in [0.15, 0.2) is 48.5 Å². The van der Waals surface area contributed by atoms with Gasteiger partial charge in [0.25, 0.3) is 0 Å². The molecule has 1 aliphatic rings. The first-order valence-corrected chi connectivity index (χ1v) is 8.82. The minimum absolute atomic E-state index is 0.0969. The van der Waals surface area contributed by atoms with Gasteiger partial charge >= 0.3 is 0 Å². The molecule has 6 nitrogen and oxygen atoms in total. The van der Waals surface area contributed by atoms with E-state index in [0.29, 0.717) is 30.8 Å². The van der Waals surface area contributed by atoms with Crippen molar-refractivity contribution in [2.45, 2.75) is 12.8 Å². The highest BCUT2D eigenvalue weighted by Gasteiger charge is 2.35. The topological polar surface area (TPSA) is 82.4 Å². The first kappa shape index (κ1) is 18.5. The molecule has 138 valence electrons. The highest BCUT2D eigenvalue weighted by molar-refractivity contribution is 6.00. The molecule has 1 heterocycles. The molecule has 2 aromatic carbocycles. The van der Waals surface area contributed by atoms with Crippen molar-refractivity contribution in [3.8, 4) is 11.8 Å². The van der Waals surface area contributed by atoms with Crippen molar-refractivity contribution in [2.24, 2.45) is 5.92 Å². The zero-order valence-corrected chi connectivity index (χ0v) is 15.1. The van der Waals surface area contributed by atoms with Crippen LogP contribution in [0, 0.1) is 17.2 Å². The first-order chi connectivity index (χ1) is 13.1. The van der Waals surface area contributed by atoms with Crippen molar-refractivity contribution >= 4 is 17.5 Å². The Morgan fingerprint density at radius 2 is 2.07 bits per heavy atom. The van der Waals surface area contributed by atoms with Crippen molar-refractivity contribution in [1.82, 2.24) is 5.32 Å². The number of amides is 2. The smallest absolute Gasteiger partial charge is 0.227 e. The van der Waals surface area contributed by atoms with Crippen molar-refractivity contribution in [2.75, 3.05) is 25.1 Å². The van der Waals surface area contributed by atoms with E-state index in [4.69, 9.17) is 10.00 Å². The lowest BCUT2D eigenvalue weighted by molar-refractivity contribution is -0.126. The molecule has 0 aliphatic carbocycles. The first-order valence-electron chi connectivity index (χ1n) is 8.82. The molecule has 0 spiro atoms. The largest absolute Gasteiger partial charge is 0.497 e. The second-order valence-corrected chi connectivity index (χ2v) is 6.46. The highest BCUT2D eigenvalue weighted by Crippen LogP contribution is 2.25. The molecule has 2 aromatic rings. The molecular formula is C21H21N3O3. The maximum Gasteiger partial charge on any atom is 0.227 e. The zero-order chi connectivity index (χ0) is 19.2. The molecular weight excluding hydrogens is 342 g/mol. The van der Waals surface area contributed by atoms with Crippen LogP contribution >= 0.6 is 0 Å². The van der Waals surface area contributed by atoms with Gasteiger partial charge in [0.05, 0.1) is 24.7 Å². The molecule has 0 bridgehead atoms. The summed E-state index contributed by atoms with van der Waals surface area (Å²) < 4.78 is 5.13. The third-order valence-electron chi connectivity index (χ3n) is 4.65. The van der Waals surface area contributed by atoms with Gasteiger partial charge in [0, 0.05) is 25.2 Å².